The molecule has 2 rings (SSSR count). The molecule has 0 spiro atoms. The van der Waals surface area contributed by atoms with Crippen molar-refractivity contribution in [2.24, 2.45) is 10.9 Å². The standard InChI is InChI=1S/C23H41N5O2.HI/c1-5-20(6-2)22(28-12-15-30-16-13-28)18-27-23(24-3)26-17-19-7-9-21(10-8-19)25-11-14-29-4;/h7-10,20,22,25H,5-6,11-18H2,1-4H3,(H2,24,26,27);1H. The van der Waals surface area contributed by atoms with E-state index in [9.17, 15) is 0 Å². The molecule has 7 nitrogen and oxygen atoms in total. The maximum atomic E-state index is 5.56. The number of methoxy groups -OCH3 is 1. The Hall–Kier alpha value is -1.10. The van der Waals surface area contributed by atoms with E-state index < -0.39 is 0 Å². The summed E-state index contributed by atoms with van der Waals surface area (Å²) in [5.74, 6) is 1.52. The van der Waals surface area contributed by atoms with Crippen molar-refractivity contribution in [1.82, 2.24) is 15.5 Å². The molecule has 1 aromatic rings. The van der Waals surface area contributed by atoms with Gasteiger partial charge < -0.3 is 25.4 Å². The monoisotopic (exact) mass is 547 g/mol. The fourth-order valence-electron chi connectivity index (χ4n) is 3.98. The molecule has 3 N–H and O–H groups in total. The van der Waals surface area contributed by atoms with Crippen LogP contribution < -0.4 is 16.0 Å². The van der Waals surface area contributed by atoms with Gasteiger partial charge in [-0.2, -0.15) is 0 Å². The van der Waals surface area contributed by atoms with Crippen molar-refractivity contribution in [2.75, 3.05) is 65.5 Å². The second-order valence-corrected chi connectivity index (χ2v) is 7.72. The number of morpholine rings is 1. The summed E-state index contributed by atoms with van der Waals surface area (Å²) in [4.78, 5) is 7.00. The van der Waals surface area contributed by atoms with Crippen molar-refractivity contribution < 1.29 is 9.47 Å². The fourth-order valence-corrected chi connectivity index (χ4v) is 3.98. The number of guanidine groups is 1. The SMILES string of the molecule is CCC(CC)C(CNC(=NC)NCc1ccc(NCCOC)cc1)N1CCOCC1.I. The van der Waals surface area contributed by atoms with Gasteiger partial charge in [0.25, 0.3) is 0 Å². The number of hydrogen-bond acceptors (Lipinski definition) is 5. The average Bonchev–Trinajstić information content (AvgIpc) is 2.80. The zero-order chi connectivity index (χ0) is 21.6. The first kappa shape index (κ1) is 27.9. The van der Waals surface area contributed by atoms with Crippen LogP contribution in [0.2, 0.25) is 0 Å². The molecule has 1 fully saturated rings. The molecule has 0 bridgehead atoms. The maximum absolute atomic E-state index is 5.56. The highest BCUT2D eigenvalue weighted by Crippen LogP contribution is 2.19. The minimum absolute atomic E-state index is 0. The van der Waals surface area contributed by atoms with Gasteiger partial charge in [-0.25, -0.2) is 0 Å². The van der Waals surface area contributed by atoms with Crippen LogP contribution in [-0.2, 0) is 16.0 Å². The van der Waals surface area contributed by atoms with Crippen LogP contribution in [0.15, 0.2) is 29.3 Å². The quantitative estimate of drug-likeness (QED) is 0.162. The smallest absolute Gasteiger partial charge is 0.191 e. The summed E-state index contributed by atoms with van der Waals surface area (Å²) in [5.41, 5.74) is 2.33. The Morgan fingerprint density at radius 3 is 2.39 bits per heavy atom. The predicted octanol–water partition coefficient (Wildman–Crippen LogP) is 3.16. The molecule has 178 valence electrons. The number of anilines is 1. The minimum Gasteiger partial charge on any atom is -0.383 e. The lowest BCUT2D eigenvalue weighted by atomic mass is 9.92. The molecule has 1 heterocycles. The molecule has 1 atom stereocenters. The molecule has 0 aliphatic carbocycles. The van der Waals surface area contributed by atoms with Crippen LogP contribution in [0.4, 0.5) is 5.69 Å². The van der Waals surface area contributed by atoms with Gasteiger partial charge in [-0.3, -0.25) is 9.89 Å². The third-order valence-corrected chi connectivity index (χ3v) is 5.86. The lowest BCUT2D eigenvalue weighted by molar-refractivity contribution is 0.00272. The van der Waals surface area contributed by atoms with E-state index in [0.717, 1.165) is 57.6 Å². The van der Waals surface area contributed by atoms with Gasteiger partial charge in [0.2, 0.25) is 0 Å². The molecular weight excluding hydrogens is 505 g/mol. The number of halogens is 1. The zero-order valence-corrected chi connectivity index (χ0v) is 22.0. The number of rotatable bonds is 12. The first-order valence-electron chi connectivity index (χ1n) is 11.3. The molecule has 8 heteroatoms. The molecule has 31 heavy (non-hydrogen) atoms. The van der Waals surface area contributed by atoms with E-state index in [-0.39, 0.29) is 24.0 Å². The van der Waals surface area contributed by atoms with Crippen molar-refractivity contribution in [2.45, 2.75) is 39.3 Å². The first-order valence-corrected chi connectivity index (χ1v) is 11.3. The molecule has 0 saturated carbocycles. The van der Waals surface area contributed by atoms with Gasteiger partial charge in [0.15, 0.2) is 5.96 Å². The second kappa shape index (κ2) is 16.5. The number of hydrogen-bond donors (Lipinski definition) is 3. The highest BCUT2D eigenvalue weighted by atomic mass is 127. The third-order valence-electron chi connectivity index (χ3n) is 5.86. The number of nitrogens with one attached hydrogen (secondary N) is 3. The topological polar surface area (TPSA) is 70.2 Å². The summed E-state index contributed by atoms with van der Waals surface area (Å²) in [6.07, 6.45) is 2.38. The van der Waals surface area contributed by atoms with Crippen molar-refractivity contribution in [3.63, 3.8) is 0 Å². The maximum Gasteiger partial charge on any atom is 0.191 e. The first-order chi connectivity index (χ1) is 14.7. The molecule has 0 aromatic heterocycles. The van der Waals surface area contributed by atoms with Crippen LogP contribution in [0.5, 0.6) is 0 Å². The zero-order valence-electron chi connectivity index (χ0n) is 19.7. The van der Waals surface area contributed by atoms with E-state index in [2.05, 4.69) is 64.0 Å². The van der Waals surface area contributed by atoms with Gasteiger partial charge in [-0.1, -0.05) is 38.8 Å². The highest BCUT2D eigenvalue weighted by Gasteiger charge is 2.26. The van der Waals surface area contributed by atoms with E-state index in [1.54, 1.807) is 7.11 Å². The predicted molar refractivity (Wildman–Crippen MR) is 141 cm³/mol. The molecule has 0 amide bonds. The van der Waals surface area contributed by atoms with E-state index in [4.69, 9.17) is 9.47 Å². The third kappa shape index (κ3) is 9.93. The van der Waals surface area contributed by atoms with Crippen molar-refractivity contribution in [1.29, 1.82) is 0 Å². The van der Waals surface area contributed by atoms with Crippen molar-refractivity contribution in [3.05, 3.63) is 29.8 Å². The van der Waals surface area contributed by atoms with E-state index >= 15 is 0 Å². The lowest BCUT2D eigenvalue weighted by Crippen LogP contribution is -2.53. The van der Waals surface area contributed by atoms with Gasteiger partial charge in [-0.05, 0) is 23.6 Å². The van der Waals surface area contributed by atoms with Gasteiger partial charge in [0.1, 0.15) is 0 Å². The normalized spacial score (nSPS) is 16.0. The van der Waals surface area contributed by atoms with Gasteiger partial charge in [0.05, 0.1) is 19.8 Å². The van der Waals surface area contributed by atoms with Crippen LogP contribution in [0.1, 0.15) is 32.3 Å². The Balaban J connectivity index is 0.00000480. The Morgan fingerprint density at radius 1 is 1.13 bits per heavy atom. The molecule has 0 radical (unpaired) electrons. The van der Waals surface area contributed by atoms with E-state index in [1.807, 2.05) is 7.05 Å². The molecule has 1 aromatic carbocycles. The Morgan fingerprint density at radius 2 is 1.81 bits per heavy atom. The van der Waals surface area contributed by atoms with Gasteiger partial charge >= 0.3 is 0 Å². The summed E-state index contributed by atoms with van der Waals surface area (Å²) >= 11 is 0. The fraction of sp³-hybridized carbons (Fsp3) is 0.696. The Labute approximate surface area is 205 Å². The van der Waals surface area contributed by atoms with E-state index in [0.29, 0.717) is 18.6 Å². The molecular formula is C23H42IN5O2. The average molecular weight is 548 g/mol. The van der Waals surface area contributed by atoms with Crippen LogP contribution >= 0.6 is 24.0 Å². The van der Waals surface area contributed by atoms with E-state index in [1.165, 1.54) is 18.4 Å². The largest absolute Gasteiger partial charge is 0.383 e. The van der Waals surface area contributed by atoms with Crippen molar-refractivity contribution >= 4 is 35.6 Å². The Bertz CT molecular complexity index is 604. The summed E-state index contributed by atoms with van der Waals surface area (Å²) in [6.45, 7) is 11.4. The molecule has 1 saturated heterocycles. The molecule has 1 unspecified atom stereocenters. The van der Waals surface area contributed by atoms with Crippen LogP contribution in [0, 0.1) is 5.92 Å². The number of ether oxygens (including phenoxy) is 2. The highest BCUT2D eigenvalue weighted by molar-refractivity contribution is 14.0. The van der Waals surface area contributed by atoms with Crippen LogP contribution in [-0.4, -0.2) is 77.1 Å². The van der Waals surface area contributed by atoms with Gasteiger partial charge in [0, 0.05) is 58.6 Å². The summed E-state index contributed by atoms with van der Waals surface area (Å²) in [5, 5.41) is 10.3. The van der Waals surface area contributed by atoms with Gasteiger partial charge in [-0.15, -0.1) is 24.0 Å². The second-order valence-electron chi connectivity index (χ2n) is 7.72. The van der Waals surface area contributed by atoms with Crippen LogP contribution in [0.3, 0.4) is 0 Å². The number of aliphatic imine (C=N–C) groups is 1. The summed E-state index contributed by atoms with van der Waals surface area (Å²) < 4.78 is 10.6. The van der Waals surface area contributed by atoms with Crippen LogP contribution in [0.25, 0.3) is 0 Å². The van der Waals surface area contributed by atoms with Crippen molar-refractivity contribution in [3.8, 4) is 0 Å². The Kier molecular flexibility index (Phi) is 14.9. The molecule has 1 aliphatic heterocycles. The number of nitrogens with zero attached hydrogens (tertiary/aromatic N) is 2. The summed E-state index contributed by atoms with van der Waals surface area (Å²) in [7, 11) is 3.55. The summed E-state index contributed by atoms with van der Waals surface area (Å²) in [6, 6.07) is 8.97. The molecule has 1 aliphatic rings. The number of benzene rings is 1. The minimum atomic E-state index is 0. The lowest BCUT2D eigenvalue weighted by Gasteiger charge is -2.39.